The summed E-state index contributed by atoms with van der Waals surface area (Å²) in [6, 6.07) is 6.29. The molecule has 1 aliphatic rings. The number of hydrogen-bond acceptors (Lipinski definition) is 7. The van der Waals surface area contributed by atoms with Gasteiger partial charge in [-0.05, 0) is 51.2 Å². The molecule has 11 heteroatoms. The number of aliphatic hydroxyl groups is 1. The highest BCUT2D eigenvalue weighted by atomic mass is 35.5. The van der Waals surface area contributed by atoms with Gasteiger partial charge in [0.2, 0.25) is 11.9 Å². The Morgan fingerprint density at radius 1 is 1.31 bits per heavy atom. The summed E-state index contributed by atoms with van der Waals surface area (Å²) < 4.78 is 14.9. The van der Waals surface area contributed by atoms with Crippen molar-refractivity contribution in [3.05, 3.63) is 47.0 Å². The van der Waals surface area contributed by atoms with E-state index in [1.165, 1.54) is 6.07 Å². The van der Waals surface area contributed by atoms with Crippen LogP contribution in [0.2, 0.25) is 5.02 Å². The molecule has 3 heterocycles. The van der Waals surface area contributed by atoms with Crippen LogP contribution < -0.4 is 5.32 Å². The number of carbonyl (C=O) groups excluding carboxylic acids is 1. The first-order valence-corrected chi connectivity index (χ1v) is 11.9. The highest BCUT2D eigenvalue weighted by Gasteiger charge is 2.30. The maximum atomic E-state index is 14.9. The maximum Gasteiger partial charge on any atom is 0.248 e. The van der Waals surface area contributed by atoms with Crippen LogP contribution in [-0.2, 0) is 4.79 Å². The minimum absolute atomic E-state index is 0.0597. The zero-order valence-corrected chi connectivity index (χ0v) is 20.5. The number of aliphatic hydroxyl groups excluding tert-OH is 1. The molecule has 186 valence electrons. The molecule has 0 spiro atoms. The third kappa shape index (κ3) is 5.77. The van der Waals surface area contributed by atoms with Gasteiger partial charge >= 0.3 is 0 Å². The van der Waals surface area contributed by atoms with Crippen molar-refractivity contribution in [2.24, 2.45) is 0 Å². The summed E-state index contributed by atoms with van der Waals surface area (Å²) in [5, 5.41) is 20.3. The Labute approximate surface area is 208 Å². The summed E-state index contributed by atoms with van der Waals surface area (Å²) in [7, 11) is 3.98. The van der Waals surface area contributed by atoms with Gasteiger partial charge in [-0.3, -0.25) is 9.89 Å². The number of aromatic amines is 1. The fourth-order valence-corrected chi connectivity index (χ4v) is 4.44. The van der Waals surface area contributed by atoms with Crippen molar-refractivity contribution in [3.63, 3.8) is 0 Å². The average Bonchev–Trinajstić information content (AvgIpc) is 3.28. The molecule has 2 aromatic heterocycles. The van der Waals surface area contributed by atoms with E-state index in [1.54, 1.807) is 29.3 Å². The number of nitrogens with one attached hydrogen (secondary N) is 2. The topological polar surface area (TPSA) is 110 Å². The van der Waals surface area contributed by atoms with Crippen LogP contribution >= 0.6 is 11.6 Å². The van der Waals surface area contributed by atoms with Gasteiger partial charge in [0.1, 0.15) is 18.1 Å². The van der Waals surface area contributed by atoms with Gasteiger partial charge in [-0.2, -0.15) is 5.10 Å². The number of H-pyrrole nitrogens is 1. The smallest absolute Gasteiger partial charge is 0.248 e. The lowest BCUT2D eigenvalue weighted by molar-refractivity contribution is -0.135. The normalized spacial score (nSPS) is 14.5. The lowest BCUT2D eigenvalue weighted by Gasteiger charge is -2.31. The van der Waals surface area contributed by atoms with Gasteiger partial charge < -0.3 is 20.2 Å². The van der Waals surface area contributed by atoms with E-state index in [1.807, 2.05) is 14.1 Å². The van der Waals surface area contributed by atoms with Crippen LogP contribution in [-0.4, -0.2) is 87.9 Å². The fraction of sp³-hybridized carbons (Fsp3) is 0.417. The lowest BCUT2D eigenvalue weighted by atomic mass is 9.88. The number of hydrogen-bond donors (Lipinski definition) is 3. The molecule has 1 saturated heterocycles. The molecule has 3 N–H and O–H groups in total. The van der Waals surface area contributed by atoms with E-state index < -0.39 is 12.4 Å². The Morgan fingerprint density at radius 2 is 2.09 bits per heavy atom. The van der Waals surface area contributed by atoms with E-state index in [0.29, 0.717) is 66.0 Å². The zero-order valence-electron chi connectivity index (χ0n) is 19.8. The second-order valence-corrected chi connectivity index (χ2v) is 9.23. The number of aromatic nitrogens is 4. The zero-order chi connectivity index (χ0) is 24.9. The van der Waals surface area contributed by atoms with Gasteiger partial charge in [-0.25, -0.2) is 14.4 Å². The molecule has 0 radical (unpaired) electrons. The van der Waals surface area contributed by atoms with Crippen LogP contribution in [0, 0.1) is 5.82 Å². The number of nitrogens with zero attached hydrogens (tertiary/aromatic N) is 5. The molecule has 3 aromatic rings. The summed E-state index contributed by atoms with van der Waals surface area (Å²) >= 11 is 5.98. The number of anilines is 1. The largest absolute Gasteiger partial charge is 0.387 e. The maximum absolute atomic E-state index is 14.9. The van der Waals surface area contributed by atoms with Crippen molar-refractivity contribution in [1.82, 2.24) is 30.0 Å². The number of halogens is 2. The summed E-state index contributed by atoms with van der Waals surface area (Å²) in [6.45, 7) is 2.04. The highest BCUT2D eigenvalue weighted by Crippen LogP contribution is 2.40. The van der Waals surface area contributed by atoms with Crippen LogP contribution in [0.1, 0.15) is 24.5 Å². The molecule has 1 amide bonds. The van der Waals surface area contributed by atoms with Gasteiger partial charge in [0, 0.05) is 60.1 Å². The van der Waals surface area contributed by atoms with Crippen molar-refractivity contribution in [3.8, 4) is 22.5 Å². The van der Waals surface area contributed by atoms with E-state index in [-0.39, 0.29) is 11.8 Å². The second kappa shape index (κ2) is 11.1. The van der Waals surface area contributed by atoms with Crippen LogP contribution in [0.5, 0.6) is 0 Å². The lowest BCUT2D eigenvalue weighted by Crippen LogP contribution is -2.39. The molecule has 1 aromatic carbocycles. The molecule has 0 aliphatic carbocycles. The average molecular weight is 502 g/mol. The number of benzene rings is 1. The van der Waals surface area contributed by atoms with Gasteiger partial charge in [-0.15, -0.1) is 0 Å². The standard InChI is InChI=1S/C24H29ClFN7O2/c1-32(2)12-9-28-24-27-8-5-19(29-24)21-22(15-6-10-33(11-7-15)20(35)14-34)30-31-23(21)17-4-3-16(25)13-18(17)26/h3-5,8,13,15,34H,6-7,9-12,14H2,1-2H3,(H,30,31)(H,27,28,29). The first-order chi connectivity index (χ1) is 16.9. The number of likely N-dealkylation sites (tertiary alicyclic amines) is 1. The Balaban J connectivity index is 1.71. The van der Waals surface area contributed by atoms with Crippen LogP contribution in [0.25, 0.3) is 22.5 Å². The molecular formula is C24H29ClFN7O2. The van der Waals surface area contributed by atoms with E-state index >= 15 is 0 Å². The molecule has 0 bridgehead atoms. The second-order valence-electron chi connectivity index (χ2n) is 8.79. The van der Waals surface area contributed by atoms with Crippen LogP contribution in [0.3, 0.4) is 0 Å². The summed E-state index contributed by atoms with van der Waals surface area (Å²) in [5.41, 5.74) is 2.93. The monoisotopic (exact) mass is 501 g/mol. The SMILES string of the molecule is CN(C)CCNc1nccc(-c2c(-c3ccc(Cl)cc3F)n[nH]c2C2CCN(C(=O)CO)CC2)n1. The molecular weight excluding hydrogens is 473 g/mol. The Hall–Kier alpha value is -3.08. The molecule has 1 aliphatic heterocycles. The minimum atomic E-state index is -0.496. The van der Waals surface area contributed by atoms with Crippen LogP contribution in [0.15, 0.2) is 30.5 Å². The van der Waals surface area contributed by atoms with Crippen molar-refractivity contribution >= 4 is 23.5 Å². The molecule has 4 rings (SSSR count). The third-order valence-electron chi connectivity index (χ3n) is 6.13. The van der Waals surface area contributed by atoms with E-state index in [9.17, 15) is 14.3 Å². The van der Waals surface area contributed by atoms with Crippen molar-refractivity contribution in [2.45, 2.75) is 18.8 Å². The number of amides is 1. The quantitative estimate of drug-likeness (QED) is 0.435. The predicted molar refractivity (Wildman–Crippen MR) is 133 cm³/mol. The van der Waals surface area contributed by atoms with Crippen molar-refractivity contribution < 1.29 is 14.3 Å². The first-order valence-electron chi connectivity index (χ1n) is 11.5. The number of carbonyl (C=O) groups is 1. The molecule has 0 atom stereocenters. The van der Waals surface area contributed by atoms with E-state index in [0.717, 1.165) is 12.2 Å². The number of rotatable bonds is 8. The molecule has 0 saturated carbocycles. The van der Waals surface area contributed by atoms with Gasteiger partial charge in [0.15, 0.2) is 0 Å². The molecule has 0 unspecified atom stereocenters. The molecule has 1 fully saturated rings. The van der Waals surface area contributed by atoms with Gasteiger partial charge in [0.25, 0.3) is 0 Å². The summed E-state index contributed by atoms with van der Waals surface area (Å²) in [4.78, 5) is 24.6. The Bertz CT molecular complexity index is 1180. The Morgan fingerprint density at radius 3 is 2.77 bits per heavy atom. The van der Waals surface area contributed by atoms with Gasteiger partial charge in [0.05, 0.1) is 5.69 Å². The third-order valence-corrected chi connectivity index (χ3v) is 6.36. The molecule has 35 heavy (non-hydrogen) atoms. The summed E-state index contributed by atoms with van der Waals surface area (Å²) in [5.74, 6) is -0.216. The molecule has 9 nitrogen and oxygen atoms in total. The first kappa shape index (κ1) is 25.0. The van der Waals surface area contributed by atoms with Crippen LogP contribution in [0.4, 0.5) is 10.3 Å². The number of likely N-dealkylation sites (N-methyl/N-ethyl adjacent to an activating group) is 1. The van der Waals surface area contributed by atoms with Crippen molar-refractivity contribution in [2.75, 3.05) is 52.2 Å². The van der Waals surface area contributed by atoms with Gasteiger partial charge in [-0.1, -0.05) is 11.6 Å². The van der Waals surface area contributed by atoms with Crippen molar-refractivity contribution in [1.29, 1.82) is 0 Å². The fourth-order valence-electron chi connectivity index (χ4n) is 4.28. The summed E-state index contributed by atoms with van der Waals surface area (Å²) in [6.07, 6.45) is 3.03. The predicted octanol–water partition coefficient (Wildman–Crippen LogP) is 3.00. The van der Waals surface area contributed by atoms with E-state index in [4.69, 9.17) is 16.6 Å². The number of piperidine rings is 1. The Kier molecular flexibility index (Phi) is 7.94. The minimum Gasteiger partial charge on any atom is -0.387 e. The van der Waals surface area contributed by atoms with E-state index in [2.05, 4.69) is 25.4 Å². The highest BCUT2D eigenvalue weighted by molar-refractivity contribution is 6.30.